The van der Waals surface area contributed by atoms with Crippen LogP contribution < -0.4 is 0 Å². The van der Waals surface area contributed by atoms with Crippen molar-refractivity contribution in [3.8, 4) is 11.1 Å². The minimum Gasteiger partial charge on any atom is -0.293 e. The van der Waals surface area contributed by atoms with Gasteiger partial charge in [0.05, 0.1) is 0 Å². The van der Waals surface area contributed by atoms with E-state index in [4.69, 9.17) is 0 Å². The van der Waals surface area contributed by atoms with E-state index in [0.29, 0.717) is 0 Å². The number of rotatable bonds is 9. The summed E-state index contributed by atoms with van der Waals surface area (Å²) in [4.78, 5) is 4.45. The number of benzene rings is 2. The van der Waals surface area contributed by atoms with Crippen molar-refractivity contribution in [2.24, 2.45) is 4.99 Å². The fourth-order valence-corrected chi connectivity index (χ4v) is 2.77. The summed E-state index contributed by atoms with van der Waals surface area (Å²) < 4.78 is 0. The largest absolute Gasteiger partial charge is 0.293 e. The van der Waals surface area contributed by atoms with Crippen LogP contribution in [0.15, 0.2) is 83.4 Å². The third-order valence-electron chi connectivity index (χ3n) is 4.19. The van der Waals surface area contributed by atoms with Crippen molar-refractivity contribution >= 4 is 6.21 Å². The lowest BCUT2D eigenvalue weighted by Gasteiger charge is -2.04. The van der Waals surface area contributed by atoms with Crippen molar-refractivity contribution in [3.63, 3.8) is 0 Å². The van der Waals surface area contributed by atoms with E-state index in [0.717, 1.165) is 19.4 Å². The molecule has 1 heteroatoms. The van der Waals surface area contributed by atoms with Crippen LogP contribution in [0.1, 0.15) is 38.7 Å². The maximum Gasteiger partial charge on any atom is 0.0389 e. The quantitative estimate of drug-likeness (QED) is 0.277. The topological polar surface area (TPSA) is 12.4 Å². The molecule has 0 aliphatic rings. The van der Waals surface area contributed by atoms with Gasteiger partial charge in [-0.1, -0.05) is 73.2 Å². The van der Waals surface area contributed by atoms with Crippen molar-refractivity contribution in [1.82, 2.24) is 0 Å². The van der Waals surface area contributed by atoms with E-state index >= 15 is 0 Å². The Morgan fingerprint density at radius 3 is 2.32 bits per heavy atom. The molecular formula is C24H29N. The molecule has 0 unspecified atom stereocenters. The van der Waals surface area contributed by atoms with Crippen LogP contribution in [0.4, 0.5) is 0 Å². The number of aliphatic imine (C=N–C) groups is 1. The van der Waals surface area contributed by atoms with Crippen molar-refractivity contribution in [3.05, 3.63) is 84.0 Å². The Hall–Kier alpha value is -2.41. The van der Waals surface area contributed by atoms with Gasteiger partial charge in [-0.25, -0.2) is 0 Å². The number of aryl methyl sites for hydroxylation is 1. The van der Waals surface area contributed by atoms with Crippen LogP contribution in [0.25, 0.3) is 11.1 Å². The molecule has 0 saturated carbocycles. The van der Waals surface area contributed by atoms with Crippen molar-refractivity contribution in [2.45, 2.75) is 39.5 Å². The molecule has 0 aliphatic carbocycles. The lowest BCUT2D eigenvalue weighted by atomic mass is 10.0. The molecule has 0 atom stereocenters. The van der Waals surface area contributed by atoms with Gasteiger partial charge in [-0.3, -0.25) is 4.99 Å². The molecule has 130 valence electrons. The van der Waals surface area contributed by atoms with Crippen LogP contribution >= 0.6 is 0 Å². The predicted molar refractivity (Wildman–Crippen MR) is 111 cm³/mol. The molecule has 0 radical (unpaired) electrons. The van der Waals surface area contributed by atoms with Gasteiger partial charge in [-0.15, -0.1) is 0 Å². The average molecular weight is 332 g/mol. The first-order valence-corrected chi connectivity index (χ1v) is 9.23. The van der Waals surface area contributed by atoms with Crippen molar-refractivity contribution < 1.29 is 0 Å². The van der Waals surface area contributed by atoms with Crippen LogP contribution in [0.5, 0.6) is 0 Å². The number of allylic oxidation sites excluding steroid dienone is 4. The SMILES string of the molecule is C\C=C/C(C)=C\C=N\CCCCCc1ccc(-c2ccccc2)cc1. The maximum absolute atomic E-state index is 4.45. The van der Waals surface area contributed by atoms with Gasteiger partial charge in [-0.2, -0.15) is 0 Å². The van der Waals surface area contributed by atoms with E-state index in [2.05, 4.69) is 78.7 Å². The highest BCUT2D eigenvalue weighted by Gasteiger charge is 1.98. The Morgan fingerprint density at radius 1 is 0.880 bits per heavy atom. The fraction of sp³-hybridized carbons (Fsp3) is 0.292. The zero-order valence-corrected chi connectivity index (χ0v) is 15.5. The lowest BCUT2D eigenvalue weighted by Crippen LogP contribution is -1.88. The fourth-order valence-electron chi connectivity index (χ4n) is 2.77. The number of hydrogen-bond donors (Lipinski definition) is 0. The summed E-state index contributed by atoms with van der Waals surface area (Å²) in [7, 11) is 0. The first-order chi connectivity index (χ1) is 12.3. The van der Waals surface area contributed by atoms with Crippen LogP contribution in [-0.4, -0.2) is 12.8 Å². The molecule has 25 heavy (non-hydrogen) atoms. The number of nitrogens with zero attached hydrogens (tertiary/aromatic N) is 1. The van der Waals surface area contributed by atoms with E-state index in [1.165, 1.54) is 35.1 Å². The smallest absolute Gasteiger partial charge is 0.0389 e. The third-order valence-corrected chi connectivity index (χ3v) is 4.19. The zero-order chi connectivity index (χ0) is 17.7. The van der Waals surface area contributed by atoms with Crippen LogP contribution in [0, 0.1) is 0 Å². The minimum absolute atomic E-state index is 0.923. The van der Waals surface area contributed by atoms with Crippen LogP contribution in [0.3, 0.4) is 0 Å². The standard InChI is InChI=1S/C24H29N/c1-3-10-21(2)18-20-25-19-9-5-6-11-22-14-16-24(17-15-22)23-12-7-4-8-13-23/h3-4,7-8,10,12-18,20H,5-6,9,11,19H2,1-2H3/b10-3-,21-18-,25-20+. The predicted octanol–water partition coefficient (Wildman–Crippen LogP) is 6.66. The molecule has 1 nitrogen and oxygen atoms in total. The number of hydrogen-bond acceptors (Lipinski definition) is 1. The van der Waals surface area contributed by atoms with Gasteiger partial charge < -0.3 is 0 Å². The number of unbranched alkanes of at least 4 members (excludes halogenated alkanes) is 2. The second-order valence-electron chi connectivity index (χ2n) is 6.34. The van der Waals surface area contributed by atoms with Gasteiger partial charge in [0.15, 0.2) is 0 Å². The molecule has 0 amide bonds. The Balaban J connectivity index is 1.65. The van der Waals surface area contributed by atoms with E-state index in [-0.39, 0.29) is 0 Å². The molecule has 0 heterocycles. The van der Waals surface area contributed by atoms with Gasteiger partial charge in [0.2, 0.25) is 0 Å². The van der Waals surface area contributed by atoms with Gasteiger partial charge in [0.1, 0.15) is 0 Å². The van der Waals surface area contributed by atoms with Gasteiger partial charge in [-0.05, 0) is 61.4 Å². The summed E-state index contributed by atoms with van der Waals surface area (Å²) >= 11 is 0. The summed E-state index contributed by atoms with van der Waals surface area (Å²) in [6.07, 6.45) is 12.9. The maximum atomic E-state index is 4.45. The molecule has 2 aromatic rings. The Labute approximate surface area is 152 Å². The highest BCUT2D eigenvalue weighted by atomic mass is 14.7. The zero-order valence-electron chi connectivity index (χ0n) is 15.5. The summed E-state index contributed by atoms with van der Waals surface area (Å²) in [5, 5.41) is 0. The van der Waals surface area contributed by atoms with E-state index in [1.807, 2.05) is 19.2 Å². The molecule has 2 rings (SSSR count). The van der Waals surface area contributed by atoms with Crippen molar-refractivity contribution in [1.29, 1.82) is 0 Å². The van der Waals surface area contributed by atoms with Crippen LogP contribution in [0.2, 0.25) is 0 Å². The monoisotopic (exact) mass is 331 g/mol. The van der Waals surface area contributed by atoms with Gasteiger partial charge >= 0.3 is 0 Å². The third kappa shape index (κ3) is 7.34. The highest BCUT2D eigenvalue weighted by molar-refractivity contribution is 5.72. The summed E-state index contributed by atoms with van der Waals surface area (Å²) in [5.74, 6) is 0. The van der Waals surface area contributed by atoms with E-state index in [9.17, 15) is 0 Å². The second kappa shape index (κ2) is 11.2. The van der Waals surface area contributed by atoms with E-state index in [1.54, 1.807) is 0 Å². The summed E-state index contributed by atoms with van der Waals surface area (Å²) in [6.45, 7) is 5.05. The average Bonchev–Trinajstić information content (AvgIpc) is 2.65. The Morgan fingerprint density at radius 2 is 1.60 bits per heavy atom. The molecular weight excluding hydrogens is 302 g/mol. The summed E-state index contributed by atoms with van der Waals surface area (Å²) in [5.41, 5.74) is 5.24. The molecule has 0 spiro atoms. The van der Waals surface area contributed by atoms with E-state index < -0.39 is 0 Å². The molecule has 0 aromatic heterocycles. The van der Waals surface area contributed by atoms with Crippen LogP contribution in [-0.2, 0) is 6.42 Å². The molecule has 0 N–H and O–H groups in total. The van der Waals surface area contributed by atoms with Gasteiger partial charge in [0.25, 0.3) is 0 Å². The minimum atomic E-state index is 0.923. The molecule has 0 aliphatic heterocycles. The Kier molecular flexibility index (Phi) is 8.48. The molecule has 0 saturated heterocycles. The first kappa shape index (κ1) is 18.9. The molecule has 0 bridgehead atoms. The highest BCUT2D eigenvalue weighted by Crippen LogP contribution is 2.19. The lowest BCUT2D eigenvalue weighted by molar-refractivity contribution is 0.688. The first-order valence-electron chi connectivity index (χ1n) is 9.23. The molecule has 2 aromatic carbocycles. The molecule has 0 fully saturated rings. The van der Waals surface area contributed by atoms with Gasteiger partial charge in [0, 0.05) is 12.8 Å². The Bertz CT molecular complexity index is 691. The van der Waals surface area contributed by atoms with Crippen molar-refractivity contribution in [2.75, 3.05) is 6.54 Å². The summed E-state index contributed by atoms with van der Waals surface area (Å²) in [6, 6.07) is 19.5. The normalized spacial score (nSPS) is 12.3. The second-order valence-corrected chi connectivity index (χ2v) is 6.34.